The van der Waals surface area contributed by atoms with Crippen LogP contribution in [0.15, 0.2) is 41.6 Å². The van der Waals surface area contributed by atoms with Crippen molar-refractivity contribution < 1.29 is 10.0 Å². The van der Waals surface area contributed by atoms with Crippen molar-refractivity contribution >= 4 is 17.3 Å². The summed E-state index contributed by atoms with van der Waals surface area (Å²) in [5, 5.41) is 15.5. The summed E-state index contributed by atoms with van der Waals surface area (Å²) < 4.78 is 0. The predicted octanol–water partition coefficient (Wildman–Crippen LogP) is 3.25. The average Bonchev–Trinajstić information content (AvgIpc) is 2.96. The van der Waals surface area contributed by atoms with E-state index in [1.807, 2.05) is 24.3 Å². The largest absolute Gasteiger partial charge is 0.410 e. The molecule has 0 atom stereocenters. The first-order chi connectivity index (χ1) is 12.1. The number of oxime groups is 1. The predicted molar refractivity (Wildman–Crippen MR) is 98.1 cm³/mol. The Kier molecular flexibility index (Phi) is 3.81. The van der Waals surface area contributed by atoms with E-state index < -0.39 is 0 Å². The molecule has 2 N–H and O–H groups in total. The van der Waals surface area contributed by atoms with Crippen molar-refractivity contribution in [3.63, 3.8) is 0 Å². The second kappa shape index (κ2) is 6.01. The highest BCUT2D eigenvalue weighted by Crippen LogP contribution is 2.40. The Morgan fingerprint density at radius 1 is 1.16 bits per heavy atom. The molecular weight excluding hydrogens is 314 g/mol. The number of rotatable bonds is 2. The van der Waals surface area contributed by atoms with Gasteiger partial charge in [0.05, 0.1) is 5.69 Å². The Morgan fingerprint density at radius 3 is 2.60 bits per heavy atom. The molecule has 0 bridgehead atoms. The van der Waals surface area contributed by atoms with Gasteiger partial charge in [0.25, 0.3) is 5.91 Å². The van der Waals surface area contributed by atoms with Gasteiger partial charge < -0.3 is 10.5 Å². The molecule has 1 amide bonds. The number of fused-ring (bicyclic) bond motifs is 3. The summed E-state index contributed by atoms with van der Waals surface area (Å²) in [6, 6.07) is 12.6. The van der Waals surface area contributed by atoms with E-state index in [1.54, 1.807) is 0 Å². The molecule has 0 radical (unpaired) electrons. The van der Waals surface area contributed by atoms with Crippen LogP contribution in [-0.2, 0) is 17.8 Å². The standard InChI is InChI=1S/C20H21N3O2/c1-12(2)23-9-8-14-15(13-6-4-3-5-7-13)10-16-18(17(14)11-23)21-20(24)19(16)22-25/h3-7,10,12,25H,8-9,11H2,1-2H3,(H,21,22,24). The lowest BCUT2D eigenvalue weighted by Crippen LogP contribution is -2.36. The van der Waals surface area contributed by atoms with Crippen molar-refractivity contribution in [1.82, 2.24) is 4.90 Å². The number of amides is 1. The molecule has 0 unspecified atom stereocenters. The van der Waals surface area contributed by atoms with Crippen LogP contribution in [0.4, 0.5) is 5.69 Å². The number of carbonyl (C=O) groups excluding carboxylic acids is 1. The molecule has 5 heteroatoms. The first-order valence-electron chi connectivity index (χ1n) is 8.62. The zero-order valence-electron chi connectivity index (χ0n) is 14.4. The van der Waals surface area contributed by atoms with E-state index in [9.17, 15) is 10.0 Å². The third kappa shape index (κ3) is 2.51. The van der Waals surface area contributed by atoms with E-state index in [1.165, 1.54) is 5.56 Å². The summed E-state index contributed by atoms with van der Waals surface area (Å²) in [4.78, 5) is 14.6. The molecule has 2 aliphatic heterocycles. The molecular formula is C20H21N3O2. The molecule has 0 fully saturated rings. The van der Waals surface area contributed by atoms with Gasteiger partial charge >= 0.3 is 0 Å². The number of hydrogen-bond acceptors (Lipinski definition) is 4. The topological polar surface area (TPSA) is 64.9 Å². The number of benzene rings is 2. The summed E-state index contributed by atoms with van der Waals surface area (Å²) >= 11 is 0. The van der Waals surface area contributed by atoms with Gasteiger partial charge in [-0.25, -0.2) is 0 Å². The van der Waals surface area contributed by atoms with Crippen LogP contribution < -0.4 is 5.32 Å². The van der Waals surface area contributed by atoms with Gasteiger partial charge in [0, 0.05) is 24.7 Å². The smallest absolute Gasteiger partial charge is 0.278 e. The molecule has 0 saturated carbocycles. The van der Waals surface area contributed by atoms with Crippen molar-refractivity contribution in [2.75, 3.05) is 11.9 Å². The van der Waals surface area contributed by atoms with Crippen LogP contribution in [0.1, 0.15) is 30.5 Å². The zero-order chi connectivity index (χ0) is 17.6. The molecule has 5 nitrogen and oxygen atoms in total. The van der Waals surface area contributed by atoms with Crippen molar-refractivity contribution in [2.45, 2.75) is 32.9 Å². The summed E-state index contributed by atoms with van der Waals surface area (Å²) in [6.07, 6.45) is 0.937. The van der Waals surface area contributed by atoms with Gasteiger partial charge in [-0.1, -0.05) is 35.5 Å². The molecule has 0 spiro atoms. The molecule has 2 heterocycles. The van der Waals surface area contributed by atoms with Gasteiger partial charge in [-0.3, -0.25) is 9.69 Å². The van der Waals surface area contributed by atoms with Crippen LogP contribution >= 0.6 is 0 Å². The number of anilines is 1. The maximum atomic E-state index is 12.2. The Balaban J connectivity index is 1.95. The van der Waals surface area contributed by atoms with E-state index in [4.69, 9.17) is 0 Å². The maximum absolute atomic E-state index is 12.2. The summed E-state index contributed by atoms with van der Waals surface area (Å²) in [7, 11) is 0. The SMILES string of the molecule is CC(C)N1CCc2c(-c3ccccc3)cc3c(c2C1)NC(=O)/C3=N\O. The van der Waals surface area contributed by atoms with Gasteiger partial charge in [-0.15, -0.1) is 0 Å². The second-order valence-electron chi connectivity index (χ2n) is 6.89. The number of carbonyl (C=O) groups is 1. The van der Waals surface area contributed by atoms with E-state index in [2.05, 4.69) is 41.4 Å². The van der Waals surface area contributed by atoms with Crippen molar-refractivity contribution in [2.24, 2.45) is 5.16 Å². The Labute approximate surface area is 147 Å². The van der Waals surface area contributed by atoms with Gasteiger partial charge in [-0.05, 0) is 48.6 Å². The van der Waals surface area contributed by atoms with Crippen molar-refractivity contribution in [1.29, 1.82) is 0 Å². The van der Waals surface area contributed by atoms with Crippen molar-refractivity contribution in [3.05, 3.63) is 53.1 Å². The van der Waals surface area contributed by atoms with E-state index in [-0.39, 0.29) is 11.6 Å². The summed E-state index contributed by atoms with van der Waals surface area (Å²) in [5.74, 6) is -0.341. The highest BCUT2D eigenvalue weighted by Gasteiger charge is 2.34. The van der Waals surface area contributed by atoms with Gasteiger partial charge in [0.1, 0.15) is 0 Å². The normalized spacial score (nSPS) is 18.4. The van der Waals surface area contributed by atoms with Crippen LogP contribution in [0.2, 0.25) is 0 Å². The number of nitrogens with one attached hydrogen (secondary N) is 1. The first-order valence-corrected chi connectivity index (χ1v) is 8.62. The third-order valence-corrected chi connectivity index (χ3v) is 5.18. The van der Waals surface area contributed by atoms with Crippen LogP contribution in [-0.4, -0.2) is 34.3 Å². The fraction of sp³-hybridized carbons (Fsp3) is 0.300. The highest BCUT2D eigenvalue weighted by atomic mass is 16.4. The summed E-state index contributed by atoms with van der Waals surface area (Å²) in [6.45, 7) is 6.16. The zero-order valence-corrected chi connectivity index (χ0v) is 14.4. The van der Waals surface area contributed by atoms with Crippen molar-refractivity contribution in [3.8, 4) is 11.1 Å². The Bertz CT molecular complexity index is 872. The first kappa shape index (κ1) is 15.8. The van der Waals surface area contributed by atoms with Crippen LogP contribution in [0.3, 0.4) is 0 Å². The monoisotopic (exact) mass is 335 g/mol. The molecule has 4 rings (SSSR count). The average molecular weight is 335 g/mol. The molecule has 0 aromatic heterocycles. The van der Waals surface area contributed by atoms with Gasteiger partial charge in [-0.2, -0.15) is 0 Å². The molecule has 0 aliphatic carbocycles. The lowest BCUT2D eigenvalue weighted by atomic mass is 9.87. The van der Waals surface area contributed by atoms with Crippen LogP contribution in [0, 0.1) is 0 Å². The number of hydrogen-bond donors (Lipinski definition) is 2. The maximum Gasteiger partial charge on any atom is 0.278 e. The molecule has 25 heavy (non-hydrogen) atoms. The van der Waals surface area contributed by atoms with E-state index >= 15 is 0 Å². The molecule has 2 aromatic carbocycles. The van der Waals surface area contributed by atoms with Crippen LogP contribution in [0.5, 0.6) is 0 Å². The van der Waals surface area contributed by atoms with E-state index in [0.29, 0.717) is 11.6 Å². The fourth-order valence-electron chi connectivity index (χ4n) is 3.82. The molecule has 2 aliphatic rings. The third-order valence-electron chi connectivity index (χ3n) is 5.18. The minimum atomic E-state index is -0.341. The summed E-state index contributed by atoms with van der Waals surface area (Å²) in [5.41, 5.74) is 6.25. The lowest BCUT2D eigenvalue weighted by Gasteiger charge is -2.34. The minimum Gasteiger partial charge on any atom is -0.410 e. The lowest BCUT2D eigenvalue weighted by molar-refractivity contribution is -0.110. The van der Waals surface area contributed by atoms with Gasteiger partial charge in [0.2, 0.25) is 0 Å². The van der Waals surface area contributed by atoms with Crippen LogP contribution in [0.25, 0.3) is 11.1 Å². The molecule has 0 saturated heterocycles. The van der Waals surface area contributed by atoms with E-state index in [0.717, 1.165) is 41.9 Å². The second-order valence-corrected chi connectivity index (χ2v) is 6.89. The highest BCUT2D eigenvalue weighted by molar-refractivity contribution is 6.54. The Hall–Kier alpha value is -2.66. The number of nitrogens with zero attached hydrogens (tertiary/aromatic N) is 2. The quantitative estimate of drug-likeness (QED) is 0.654. The molecule has 128 valence electrons. The minimum absolute atomic E-state index is 0.0941. The fourth-order valence-corrected chi connectivity index (χ4v) is 3.82. The Morgan fingerprint density at radius 2 is 1.92 bits per heavy atom. The molecule has 2 aromatic rings. The van der Waals surface area contributed by atoms with Gasteiger partial charge in [0.15, 0.2) is 5.71 Å².